The van der Waals surface area contributed by atoms with Gasteiger partial charge < -0.3 is 5.11 Å². The number of carbonyl (C=O) groups excluding carboxylic acids is 1. The summed E-state index contributed by atoms with van der Waals surface area (Å²) in [6.45, 7) is 0.135. The Hall–Kier alpha value is -3.20. The summed E-state index contributed by atoms with van der Waals surface area (Å²) in [4.78, 5) is 26.7. The van der Waals surface area contributed by atoms with Crippen LogP contribution in [0.4, 0.5) is 5.95 Å². The Labute approximate surface area is 146 Å². The number of nitrogens with one attached hydrogen (secondary N) is 1. The van der Waals surface area contributed by atoms with Crippen molar-refractivity contribution in [1.29, 1.82) is 0 Å². The van der Waals surface area contributed by atoms with E-state index in [4.69, 9.17) is 16.7 Å². The molecule has 128 valence electrons. The van der Waals surface area contributed by atoms with Crippen LogP contribution in [0.1, 0.15) is 16.1 Å². The van der Waals surface area contributed by atoms with Gasteiger partial charge in [-0.05, 0) is 23.8 Å². The van der Waals surface area contributed by atoms with Gasteiger partial charge in [0.1, 0.15) is 12.9 Å². The lowest BCUT2D eigenvalue weighted by atomic mass is 10.2. The van der Waals surface area contributed by atoms with Crippen molar-refractivity contribution in [3.63, 3.8) is 0 Å². The number of amides is 1. The Morgan fingerprint density at radius 3 is 2.80 bits per heavy atom. The zero-order valence-corrected chi connectivity index (χ0v) is 13.6. The lowest BCUT2D eigenvalue weighted by Crippen LogP contribution is -2.16. The van der Waals surface area contributed by atoms with Crippen LogP contribution in [0.15, 0.2) is 42.9 Å². The molecule has 0 radical (unpaired) electrons. The highest BCUT2D eigenvalue weighted by atomic mass is 35.5. The van der Waals surface area contributed by atoms with Gasteiger partial charge >= 0.3 is 5.97 Å². The fourth-order valence-electron chi connectivity index (χ4n) is 2.13. The number of benzene rings is 1. The lowest BCUT2D eigenvalue weighted by molar-refractivity contribution is -0.137. The summed E-state index contributed by atoms with van der Waals surface area (Å²) in [5, 5.41) is 19.9. The third kappa shape index (κ3) is 4.42. The second-order valence-electron chi connectivity index (χ2n) is 5.14. The number of aliphatic carboxylic acids is 1. The second kappa shape index (κ2) is 7.14. The van der Waals surface area contributed by atoms with Crippen LogP contribution in [0, 0.1) is 0 Å². The van der Waals surface area contributed by atoms with Gasteiger partial charge in [0, 0.05) is 11.2 Å². The summed E-state index contributed by atoms with van der Waals surface area (Å²) in [5.41, 5.74) is 1.02. The van der Waals surface area contributed by atoms with Crippen molar-refractivity contribution in [3.8, 4) is 0 Å². The third-order valence-electron chi connectivity index (χ3n) is 3.17. The number of hydrogen-bond acceptors (Lipinski definition) is 5. The summed E-state index contributed by atoms with van der Waals surface area (Å²) in [6, 6.07) is 8.75. The molecule has 0 saturated heterocycles. The van der Waals surface area contributed by atoms with Crippen LogP contribution < -0.4 is 5.32 Å². The van der Waals surface area contributed by atoms with Gasteiger partial charge in [-0.15, -0.1) is 5.10 Å². The molecule has 0 saturated carbocycles. The van der Waals surface area contributed by atoms with Crippen LogP contribution in [-0.2, 0) is 17.9 Å². The fraction of sp³-hybridized carbons (Fsp3) is 0.133. The molecule has 2 N–H and O–H groups in total. The molecule has 1 amide bonds. The van der Waals surface area contributed by atoms with Crippen molar-refractivity contribution < 1.29 is 14.7 Å². The van der Waals surface area contributed by atoms with E-state index in [1.54, 1.807) is 10.7 Å². The molecule has 0 aliphatic rings. The Balaban J connectivity index is 1.63. The minimum Gasteiger partial charge on any atom is -0.480 e. The quantitative estimate of drug-likeness (QED) is 0.688. The molecular formula is C15H13ClN6O3. The number of halogens is 1. The molecule has 1 aromatic carbocycles. The van der Waals surface area contributed by atoms with E-state index in [0.717, 1.165) is 10.2 Å². The highest BCUT2D eigenvalue weighted by molar-refractivity contribution is 6.30. The number of aromatic nitrogens is 5. The summed E-state index contributed by atoms with van der Waals surface area (Å²) in [6.07, 6.45) is 2.90. The smallest absolute Gasteiger partial charge is 0.325 e. The molecule has 0 atom stereocenters. The van der Waals surface area contributed by atoms with E-state index in [9.17, 15) is 9.59 Å². The molecule has 9 nitrogen and oxygen atoms in total. The van der Waals surface area contributed by atoms with Crippen molar-refractivity contribution in [2.24, 2.45) is 0 Å². The number of hydrogen-bond donors (Lipinski definition) is 2. The number of nitrogens with zero attached hydrogens (tertiary/aromatic N) is 5. The first kappa shape index (κ1) is 16.7. The van der Waals surface area contributed by atoms with Gasteiger partial charge in [0.05, 0.1) is 6.54 Å². The van der Waals surface area contributed by atoms with E-state index >= 15 is 0 Å². The summed E-state index contributed by atoms with van der Waals surface area (Å²) in [7, 11) is 0. The van der Waals surface area contributed by atoms with E-state index in [-0.39, 0.29) is 18.2 Å². The predicted octanol–water partition coefficient (Wildman–Crippen LogP) is 1.51. The zero-order chi connectivity index (χ0) is 17.8. The topological polar surface area (TPSA) is 115 Å². The number of carbonyl (C=O) groups is 2. The van der Waals surface area contributed by atoms with Crippen LogP contribution in [0.3, 0.4) is 0 Å². The van der Waals surface area contributed by atoms with Crippen LogP contribution in [0.5, 0.6) is 0 Å². The van der Waals surface area contributed by atoms with Crippen molar-refractivity contribution >= 4 is 29.4 Å². The second-order valence-corrected chi connectivity index (χ2v) is 5.58. The molecule has 0 aliphatic heterocycles. The monoisotopic (exact) mass is 360 g/mol. The van der Waals surface area contributed by atoms with Crippen molar-refractivity contribution in [2.75, 3.05) is 5.32 Å². The van der Waals surface area contributed by atoms with Gasteiger partial charge in [-0.3, -0.25) is 19.6 Å². The maximum Gasteiger partial charge on any atom is 0.325 e. The molecule has 10 heteroatoms. The Kier molecular flexibility index (Phi) is 4.75. The molecule has 0 bridgehead atoms. The lowest BCUT2D eigenvalue weighted by Gasteiger charge is -2.01. The third-order valence-corrected chi connectivity index (χ3v) is 3.40. The summed E-state index contributed by atoms with van der Waals surface area (Å²) in [5.74, 6) is -1.44. The van der Waals surface area contributed by atoms with Gasteiger partial charge in [-0.2, -0.15) is 5.10 Å². The largest absolute Gasteiger partial charge is 0.480 e. The van der Waals surface area contributed by atoms with Gasteiger partial charge in [-0.25, -0.2) is 9.67 Å². The van der Waals surface area contributed by atoms with Gasteiger partial charge in [0.15, 0.2) is 5.69 Å². The first-order valence-electron chi connectivity index (χ1n) is 7.20. The van der Waals surface area contributed by atoms with E-state index in [0.29, 0.717) is 11.6 Å². The highest BCUT2D eigenvalue weighted by Crippen LogP contribution is 2.12. The number of anilines is 1. The molecule has 0 aliphatic carbocycles. The molecule has 2 heterocycles. The molecule has 0 spiro atoms. The molecule has 3 rings (SSSR count). The average molecular weight is 361 g/mol. The van der Waals surface area contributed by atoms with Crippen molar-refractivity contribution in [1.82, 2.24) is 24.5 Å². The van der Waals surface area contributed by atoms with Crippen LogP contribution in [0.2, 0.25) is 5.02 Å². The Bertz CT molecular complexity index is 919. The normalized spacial score (nSPS) is 10.6. The molecule has 3 aromatic rings. The minimum absolute atomic E-state index is 0.0763. The maximum absolute atomic E-state index is 12.1. The number of carboxylic acids is 1. The average Bonchev–Trinajstić information content (AvgIpc) is 3.16. The van der Waals surface area contributed by atoms with E-state index in [2.05, 4.69) is 20.5 Å². The molecule has 0 fully saturated rings. The molecule has 25 heavy (non-hydrogen) atoms. The van der Waals surface area contributed by atoms with Crippen molar-refractivity contribution in [3.05, 3.63) is 59.1 Å². The highest BCUT2D eigenvalue weighted by Gasteiger charge is 2.13. The predicted molar refractivity (Wildman–Crippen MR) is 88.4 cm³/mol. The number of carboxylic acid groups (broad SMARTS) is 1. The van der Waals surface area contributed by atoms with Gasteiger partial charge in [0.2, 0.25) is 5.95 Å². The van der Waals surface area contributed by atoms with E-state index in [1.165, 1.54) is 18.6 Å². The summed E-state index contributed by atoms with van der Waals surface area (Å²) < 4.78 is 2.72. The molecule has 0 unspecified atom stereocenters. The Morgan fingerprint density at radius 1 is 1.20 bits per heavy atom. The van der Waals surface area contributed by atoms with E-state index < -0.39 is 11.9 Å². The minimum atomic E-state index is -1.04. The standard InChI is InChI=1S/C15H13ClN6O3/c16-11-3-1-2-10(6-11)7-22-9-17-15(20-22)18-14(25)12-4-5-21(19-12)8-13(23)24/h1-6,9H,7-8H2,(H,23,24)(H,18,20,25). The first-order valence-corrected chi connectivity index (χ1v) is 7.58. The molecular weight excluding hydrogens is 348 g/mol. The van der Waals surface area contributed by atoms with Crippen LogP contribution in [-0.4, -0.2) is 41.5 Å². The van der Waals surface area contributed by atoms with Gasteiger partial charge in [0.25, 0.3) is 5.91 Å². The molecule has 2 aromatic heterocycles. The first-order chi connectivity index (χ1) is 12.0. The van der Waals surface area contributed by atoms with E-state index in [1.807, 2.05) is 18.2 Å². The van der Waals surface area contributed by atoms with Gasteiger partial charge in [-0.1, -0.05) is 23.7 Å². The maximum atomic E-state index is 12.1. The SMILES string of the molecule is O=C(O)Cn1ccc(C(=O)Nc2ncn(Cc3cccc(Cl)c3)n2)n1. The fourth-order valence-corrected chi connectivity index (χ4v) is 2.34. The number of rotatable bonds is 6. The zero-order valence-electron chi connectivity index (χ0n) is 12.8. The van der Waals surface area contributed by atoms with Crippen molar-refractivity contribution in [2.45, 2.75) is 13.1 Å². The van der Waals surface area contributed by atoms with Crippen LogP contribution in [0.25, 0.3) is 0 Å². The van der Waals surface area contributed by atoms with Crippen LogP contribution >= 0.6 is 11.6 Å². The Morgan fingerprint density at radius 2 is 2.04 bits per heavy atom. The summed E-state index contributed by atoms with van der Waals surface area (Å²) >= 11 is 5.94.